The maximum atomic E-state index is 4.21. The molecule has 0 aliphatic carbocycles. The van der Waals surface area contributed by atoms with Gasteiger partial charge in [-0.25, -0.2) is 9.97 Å². The lowest BCUT2D eigenvalue weighted by Gasteiger charge is -2.10. The van der Waals surface area contributed by atoms with E-state index >= 15 is 0 Å². The summed E-state index contributed by atoms with van der Waals surface area (Å²) in [7, 11) is 0. The molecule has 1 aromatic heterocycles. The Kier molecular flexibility index (Phi) is 3.93. The lowest BCUT2D eigenvalue weighted by molar-refractivity contribution is 1.10. The topological polar surface area (TPSA) is 49.8 Å². The standard InChI is InChI=1S/C12H13BrN4/c1-2-14-11-10(13)12(16-8-15-11)17-9-6-4-3-5-7-9/h3-8H,2H2,1H3,(H2,14,15,16,17). The van der Waals surface area contributed by atoms with Crippen LogP contribution in [0.3, 0.4) is 0 Å². The predicted octanol–water partition coefficient (Wildman–Crippen LogP) is 3.41. The minimum atomic E-state index is 0.752. The Labute approximate surface area is 109 Å². The number of hydrogen-bond donors (Lipinski definition) is 2. The van der Waals surface area contributed by atoms with Crippen LogP contribution in [0, 0.1) is 0 Å². The van der Waals surface area contributed by atoms with Crippen molar-refractivity contribution in [1.29, 1.82) is 0 Å². The summed E-state index contributed by atoms with van der Waals surface area (Å²) in [5.41, 5.74) is 0.995. The van der Waals surface area contributed by atoms with Gasteiger partial charge in [0, 0.05) is 12.2 Å². The van der Waals surface area contributed by atoms with Gasteiger partial charge in [0.05, 0.1) is 0 Å². The minimum absolute atomic E-state index is 0.752. The number of anilines is 3. The Bertz CT molecular complexity index is 487. The van der Waals surface area contributed by atoms with Gasteiger partial charge in [-0.1, -0.05) is 18.2 Å². The van der Waals surface area contributed by atoms with Crippen LogP contribution in [0.25, 0.3) is 0 Å². The number of hydrogen-bond acceptors (Lipinski definition) is 4. The SMILES string of the molecule is CCNc1ncnc(Nc2ccccc2)c1Br. The molecule has 0 bridgehead atoms. The molecule has 1 heterocycles. The summed E-state index contributed by atoms with van der Waals surface area (Å²) in [4.78, 5) is 8.37. The van der Waals surface area contributed by atoms with Crippen molar-refractivity contribution in [1.82, 2.24) is 9.97 Å². The van der Waals surface area contributed by atoms with Crippen molar-refractivity contribution in [2.24, 2.45) is 0 Å². The molecule has 0 radical (unpaired) electrons. The summed E-state index contributed by atoms with van der Waals surface area (Å²) in [5, 5.41) is 6.40. The third-order valence-electron chi connectivity index (χ3n) is 2.17. The van der Waals surface area contributed by atoms with Crippen molar-refractivity contribution in [3.8, 4) is 0 Å². The average Bonchev–Trinajstić information content (AvgIpc) is 2.36. The van der Waals surface area contributed by atoms with Crippen LogP contribution in [0.5, 0.6) is 0 Å². The minimum Gasteiger partial charge on any atom is -0.369 e. The van der Waals surface area contributed by atoms with Gasteiger partial charge in [0.1, 0.15) is 22.4 Å². The molecule has 2 aromatic rings. The molecule has 0 aliphatic heterocycles. The maximum absolute atomic E-state index is 4.21. The third-order valence-corrected chi connectivity index (χ3v) is 2.92. The lowest BCUT2D eigenvalue weighted by Crippen LogP contribution is -2.03. The van der Waals surface area contributed by atoms with E-state index in [2.05, 4.69) is 36.5 Å². The van der Waals surface area contributed by atoms with Gasteiger partial charge in [-0.05, 0) is 35.0 Å². The lowest BCUT2D eigenvalue weighted by atomic mass is 10.3. The highest BCUT2D eigenvalue weighted by molar-refractivity contribution is 9.10. The highest BCUT2D eigenvalue weighted by Crippen LogP contribution is 2.28. The van der Waals surface area contributed by atoms with Crippen LogP contribution in [0.4, 0.5) is 17.3 Å². The summed E-state index contributed by atoms with van der Waals surface area (Å²) in [6.07, 6.45) is 1.54. The Morgan fingerprint density at radius 2 is 1.82 bits per heavy atom. The summed E-state index contributed by atoms with van der Waals surface area (Å²) < 4.78 is 0.839. The van der Waals surface area contributed by atoms with Crippen LogP contribution >= 0.6 is 15.9 Å². The number of aromatic nitrogens is 2. The first-order valence-electron chi connectivity index (χ1n) is 5.37. The van der Waals surface area contributed by atoms with Gasteiger partial charge in [0.15, 0.2) is 0 Å². The van der Waals surface area contributed by atoms with Crippen molar-refractivity contribution in [3.05, 3.63) is 41.1 Å². The van der Waals surface area contributed by atoms with Crippen molar-refractivity contribution in [3.63, 3.8) is 0 Å². The van der Waals surface area contributed by atoms with Gasteiger partial charge in [-0.2, -0.15) is 0 Å². The van der Waals surface area contributed by atoms with Crippen molar-refractivity contribution < 1.29 is 0 Å². The van der Waals surface area contributed by atoms with E-state index in [4.69, 9.17) is 0 Å². The van der Waals surface area contributed by atoms with Crippen molar-refractivity contribution in [2.75, 3.05) is 17.2 Å². The Morgan fingerprint density at radius 3 is 2.53 bits per heavy atom. The van der Waals surface area contributed by atoms with Crippen LogP contribution in [-0.4, -0.2) is 16.5 Å². The number of para-hydroxylation sites is 1. The number of nitrogens with zero attached hydrogens (tertiary/aromatic N) is 2. The van der Waals surface area contributed by atoms with E-state index in [-0.39, 0.29) is 0 Å². The molecule has 0 saturated heterocycles. The molecule has 1 aromatic carbocycles. The zero-order chi connectivity index (χ0) is 12.1. The average molecular weight is 293 g/mol. The van der Waals surface area contributed by atoms with Crippen molar-refractivity contribution in [2.45, 2.75) is 6.92 Å². The fraction of sp³-hybridized carbons (Fsp3) is 0.167. The number of rotatable bonds is 4. The molecule has 0 unspecified atom stereocenters. The van der Waals surface area contributed by atoms with E-state index in [1.54, 1.807) is 0 Å². The molecular weight excluding hydrogens is 280 g/mol. The third kappa shape index (κ3) is 2.94. The molecular formula is C12H13BrN4. The zero-order valence-corrected chi connectivity index (χ0v) is 11.0. The number of nitrogens with one attached hydrogen (secondary N) is 2. The van der Waals surface area contributed by atoms with Gasteiger partial charge < -0.3 is 10.6 Å². The number of benzene rings is 1. The Hall–Kier alpha value is -1.62. The van der Waals surface area contributed by atoms with Gasteiger partial charge in [0.2, 0.25) is 0 Å². The molecule has 88 valence electrons. The fourth-order valence-electron chi connectivity index (χ4n) is 1.41. The van der Waals surface area contributed by atoms with E-state index in [1.807, 2.05) is 37.3 Å². The highest BCUT2D eigenvalue weighted by atomic mass is 79.9. The summed E-state index contributed by atoms with van der Waals surface area (Å²) in [5.74, 6) is 1.54. The first-order chi connectivity index (χ1) is 8.31. The largest absolute Gasteiger partial charge is 0.369 e. The first kappa shape index (κ1) is 11.9. The smallest absolute Gasteiger partial charge is 0.150 e. The molecule has 4 nitrogen and oxygen atoms in total. The molecule has 0 aliphatic rings. The molecule has 0 atom stereocenters. The summed E-state index contributed by atoms with van der Waals surface area (Å²) >= 11 is 3.49. The Balaban J connectivity index is 2.24. The van der Waals surface area contributed by atoms with Crippen LogP contribution in [0.15, 0.2) is 41.1 Å². The summed E-state index contributed by atoms with van der Waals surface area (Å²) in [6, 6.07) is 9.90. The molecule has 0 fully saturated rings. The van der Waals surface area contributed by atoms with Gasteiger partial charge in [-0.3, -0.25) is 0 Å². The van der Waals surface area contributed by atoms with Crippen LogP contribution < -0.4 is 10.6 Å². The van der Waals surface area contributed by atoms with E-state index in [0.717, 1.165) is 28.3 Å². The van der Waals surface area contributed by atoms with E-state index in [9.17, 15) is 0 Å². The first-order valence-corrected chi connectivity index (χ1v) is 6.17. The summed E-state index contributed by atoms with van der Waals surface area (Å²) in [6.45, 7) is 2.85. The van der Waals surface area contributed by atoms with Crippen LogP contribution in [0.1, 0.15) is 6.92 Å². The second-order valence-electron chi connectivity index (χ2n) is 3.41. The predicted molar refractivity (Wildman–Crippen MR) is 73.6 cm³/mol. The molecule has 2 N–H and O–H groups in total. The van der Waals surface area contributed by atoms with Crippen LogP contribution in [-0.2, 0) is 0 Å². The van der Waals surface area contributed by atoms with Crippen molar-refractivity contribution >= 4 is 33.3 Å². The molecule has 0 saturated carbocycles. The normalized spacial score (nSPS) is 10.0. The molecule has 17 heavy (non-hydrogen) atoms. The highest BCUT2D eigenvalue weighted by Gasteiger charge is 2.07. The van der Waals surface area contributed by atoms with E-state index < -0.39 is 0 Å². The molecule has 5 heteroatoms. The monoisotopic (exact) mass is 292 g/mol. The fourth-order valence-corrected chi connectivity index (χ4v) is 1.85. The van der Waals surface area contributed by atoms with E-state index in [1.165, 1.54) is 6.33 Å². The molecule has 2 rings (SSSR count). The number of halogens is 1. The molecule has 0 spiro atoms. The van der Waals surface area contributed by atoms with Gasteiger partial charge in [0.25, 0.3) is 0 Å². The van der Waals surface area contributed by atoms with Gasteiger partial charge in [-0.15, -0.1) is 0 Å². The quantitative estimate of drug-likeness (QED) is 0.907. The zero-order valence-electron chi connectivity index (χ0n) is 9.44. The van der Waals surface area contributed by atoms with E-state index in [0.29, 0.717) is 0 Å². The maximum Gasteiger partial charge on any atom is 0.150 e. The second-order valence-corrected chi connectivity index (χ2v) is 4.20. The van der Waals surface area contributed by atoms with Gasteiger partial charge >= 0.3 is 0 Å². The second kappa shape index (κ2) is 5.63. The Morgan fingerprint density at radius 1 is 1.12 bits per heavy atom. The molecule has 0 amide bonds. The van der Waals surface area contributed by atoms with Crippen LogP contribution in [0.2, 0.25) is 0 Å².